The number of hydrogen-bond donors (Lipinski definition) is 2. The molecule has 0 saturated heterocycles. The van der Waals surface area contributed by atoms with Crippen LogP contribution in [0.2, 0.25) is 0 Å². The molecule has 0 unspecified atom stereocenters. The van der Waals surface area contributed by atoms with E-state index < -0.39 is 0 Å². The highest BCUT2D eigenvalue weighted by atomic mass is 32.1. The molecule has 3 N–H and O–H groups in total. The van der Waals surface area contributed by atoms with E-state index >= 15 is 0 Å². The van der Waals surface area contributed by atoms with Crippen molar-refractivity contribution < 1.29 is 4.79 Å². The van der Waals surface area contributed by atoms with Gasteiger partial charge in [0.15, 0.2) is 5.82 Å². The van der Waals surface area contributed by atoms with E-state index in [2.05, 4.69) is 10.4 Å². The number of anilines is 2. The van der Waals surface area contributed by atoms with Crippen molar-refractivity contribution in [3.05, 3.63) is 40.9 Å². The van der Waals surface area contributed by atoms with Gasteiger partial charge in [0.1, 0.15) is 4.88 Å². The lowest BCUT2D eigenvalue weighted by Crippen LogP contribution is -2.12. The Hall–Kier alpha value is -2.34. The highest BCUT2D eigenvalue weighted by molar-refractivity contribution is 7.21. The normalized spacial score (nSPS) is 10.9. The zero-order valence-corrected chi connectivity index (χ0v) is 12.0. The van der Waals surface area contributed by atoms with Gasteiger partial charge in [-0.25, -0.2) is 0 Å². The summed E-state index contributed by atoms with van der Waals surface area (Å²) in [7, 11) is 1.80. The average Bonchev–Trinajstić information content (AvgIpc) is 2.94. The Morgan fingerprint density at radius 3 is 2.90 bits per heavy atom. The van der Waals surface area contributed by atoms with Crippen molar-refractivity contribution in [3.63, 3.8) is 0 Å². The van der Waals surface area contributed by atoms with Crippen molar-refractivity contribution in [2.45, 2.75) is 6.92 Å². The fourth-order valence-electron chi connectivity index (χ4n) is 2.05. The molecule has 0 atom stereocenters. The highest BCUT2D eigenvalue weighted by Gasteiger charge is 2.17. The Kier molecular flexibility index (Phi) is 2.94. The van der Waals surface area contributed by atoms with Gasteiger partial charge < -0.3 is 11.1 Å². The summed E-state index contributed by atoms with van der Waals surface area (Å²) in [4.78, 5) is 12.8. The third kappa shape index (κ3) is 2.14. The molecule has 0 spiro atoms. The first kappa shape index (κ1) is 12.7. The van der Waals surface area contributed by atoms with Crippen LogP contribution >= 0.6 is 11.3 Å². The van der Waals surface area contributed by atoms with Crippen LogP contribution < -0.4 is 11.1 Å². The maximum Gasteiger partial charge on any atom is 0.269 e. The van der Waals surface area contributed by atoms with Crippen LogP contribution in [0.4, 0.5) is 11.5 Å². The molecule has 3 rings (SSSR count). The van der Waals surface area contributed by atoms with Crippen LogP contribution in [-0.2, 0) is 7.05 Å². The highest BCUT2D eigenvalue weighted by Crippen LogP contribution is 2.34. The average molecular weight is 286 g/mol. The lowest BCUT2D eigenvalue weighted by atomic mass is 10.1. The second-order valence-electron chi connectivity index (χ2n) is 4.67. The number of amides is 1. The molecule has 0 aliphatic carbocycles. The van der Waals surface area contributed by atoms with Crippen molar-refractivity contribution in [2.75, 3.05) is 11.1 Å². The number of benzene rings is 1. The molecule has 0 radical (unpaired) electrons. The van der Waals surface area contributed by atoms with Gasteiger partial charge in [0.2, 0.25) is 0 Å². The standard InChI is InChI=1S/C14H14N4OS/c1-8-3-4-10-9(7-8)12(15)13(20-10)14(19)16-11-5-6-18(2)17-11/h3-7H,15H2,1-2H3,(H,16,17,19). The number of aromatic nitrogens is 2. The van der Waals surface area contributed by atoms with Gasteiger partial charge in [-0.2, -0.15) is 5.10 Å². The topological polar surface area (TPSA) is 72.9 Å². The summed E-state index contributed by atoms with van der Waals surface area (Å²) in [5, 5.41) is 7.81. The lowest BCUT2D eigenvalue weighted by Gasteiger charge is -2.00. The second-order valence-corrected chi connectivity index (χ2v) is 5.73. The summed E-state index contributed by atoms with van der Waals surface area (Å²) in [6.07, 6.45) is 1.77. The van der Waals surface area contributed by atoms with Crippen molar-refractivity contribution in [2.24, 2.45) is 7.05 Å². The molecule has 0 fully saturated rings. The largest absolute Gasteiger partial charge is 0.397 e. The summed E-state index contributed by atoms with van der Waals surface area (Å²) in [6, 6.07) is 7.74. The molecule has 0 aliphatic heterocycles. The van der Waals surface area contributed by atoms with E-state index in [1.54, 1.807) is 24.0 Å². The predicted octanol–water partition coefficient (Wildman–Crippen LogP) is 2.78. The van der Waals surface area contributed by atoms with Gasteiger partial charge in [-0.05, 0) is 19.1 Å². The van der Waals surface area contributed by atoms with E-state index in [0.717, 1.165) is 15.6 Å². The second kappa shape index (κ2) is 4.64. The molecule has 5 nitrogen and oxygen atoms in total. The van der Waals surface area contributed by atoms with E-state index in [1.165, 1.54) is 11.3 Å². The maximum atomic E-state index is 12.3. The quantitative estimate of drug-likeness (QED) is 0.760. The Morgan fingerprint density at radius 1 is 1.40 bits per heavy atom. The smallest absolute Gasteiger partial charge is 0.269 e. The zero-order valence-electron chi connectivity index (χ0n) is 11.2. The number of thiophene rings is 1. The van der Waals surface area contributed by atoms with Crippen LogP contribution in [-0.4, -0.2) is 15.7 Å². The van der Waals surface area contributed by atoms with Crippen molar-refractivity contribution in [3.8, 4) is 0 Å². The predicted molar refractivity (Wildman–Crippen MR) is 82.1 cm³/mol. The Labute approximate surface area is 120 Å². The monoisotopic (exact) mass is 286 g/mol. The van der Waals surface area contributed by atoms with E-state index in [9.17, 15) is 4.79 Å². The fourth-order valence-corrected chi connectivity index (χ4v) is 3.05. The Bertz CT molecular complexity index is 803. The minimum absolute atomic E-state index is 0.222. The lowest BCUT2D eigenvalue weighted by molar-refractivity contribution is 0.103. The number of nitrogens with one attached hydrogen (secondary N) is 1. The van der Waals surface area contributed by atoms with Gasteiger partial charge in [-0.15, -0.1) is 11.3 Å². The number of nitrogen functional groups attached to an aromatic ring is 1. The first-order chi connectivity index (χ1) is 9.54. The molecule has 102 valence electrons. The fraction of sp³-hybridized carbons (Fsp3) is 0.143. The third-order valence-corrected chi connectivity index (χ3v) is 4.23. The van der Waals surface area contributed by atoms with Gasteiger partial charge in [-0.1, -0.05) is 11.6 Å². The molecular formula is C14H14N4OS. The Balaban J connectivity index is 1.97. The third-order valence-electron chi connectivity index (χ3n) is 3.04. The molecule has 0 saturated carbocycles. The number of carbonyl (C=O) groups is 1. The number of rotatable bonds is 2. The number of aryl methyl sites for hydroxylation is 2. The van der Waals surface area contributed by atoms with E-state index in [-0.39, 0.29) is 5.91 Å². The van der Waals surface area contributed by atoms with E-state index in [0.29, 0.717) is 16.4 Å². The first-order valence-electron chi connectivity index (χ1n) is 6.14. The van der Waals surface area contributed by atoms with Gasteiger partial charge in [0.05, 0.1) is 5.69 Å². The summed E-state index contributed by atoms with van der Waals surface area (Å²) >= 11 is 1.40. The molecule has 6 heteroatoms. The first-order valence-corrected chi connectivity index (χ1v) is 6.96. The summed E-state index contributed by atoms with van der Waals surface area (Å²) in [5.41, 5.74) is 7.75. The molecule has 2 heterocycles. The number of nitrogens with zero attached hydrogens (tertiary/aromatic N) is 2. The molecule has 1 amide bonds. The molecular weight excluding hydrogens is 272 g/mol. The molecule has 20 heavy (non-hydrogen) atoms. The van der Waals surface area contributed by atoms with Crippen molar-refractivity contribution >= 4 is 38.8 Å². The van der Waals surface area contributed by atoms with E-state index in [1.807, 2.05) is 25.1 Å². The summed E-state index contributed by atoms with van der Waals surface area (Å²) in [6.45, 7) is 2.00. The van der Waals surface area contributed by atoms with Crippen molar-refractivity contribution in [1.82, 2.24) is 9.78 Å². The van der Waals surface area contributed by atoms with Crippen LogP contribution in [0.5, 0.6) is 0 Å². The maximum absolute atomic E-state index is 12.3. The zero-order chi connectivity index (χ0) is 14.3. The van der Waals surface area contributed by atoms with Crippen LogP contribution in [0, 0.1) is 6.92 Å². The number of hydrogen-bond acceptors (Lipinski definition) is 4. The molecule has 1 aromatic carbocycles. The van der Waals surface area contributed by atoms with Crippen LogP contribution in [0.1, 0.15) is 15.2 Å². The number of nitrogens with two attached hydrogens (primary N) is 1. The molecule has 3 aromatic rings. The number of fused-ring (bicyclic) bond motifs is 1. The Morgan fingerprint density at radius 2 is 2.20 bits per heavy atom. The van der Waals surface area contributed by atoms with E-state index in [4.69, 9.17) is 5.73 Å². The van der Waals surface area contributed by atoms with Gasteiger partial charge in [0, 0.05) is 29.4 Å². The number of carbonyl (C=O) groups excluding carboxylic acids is 1. The summed E-state index contributed by atoms with van der Waals surface area (Å²) in [5.74, 6) is 0.297. The molecule has 0 bridgehead atoms. The minimum Gasteiger partial charge on any atom is -0.397 e. The van der Waals surface area contributed by atoms with Crippen LogP contribution in [0.3, 0.4) is 0 Å². The summed E-state index contributed by atoms with van der Waals surface area (Å²) < 4.78 is 2.65. The SMILES string of the molecule is Cc1ccc2sc(C(=O)Nc3ccn(C)n3)c(N)c2c1. The van der Waals surface area contributed by atoms with Gasteiger partial charge in [0.25, 0.3) is 5.91 Å². The van der Waals surface area contributed by atoms with Crippen LogP contribution in [0.25, 0.3) is 10.1 Å². The molecule has 2 aromatic heterocycles. The van der Waals surface area contributed by atoms with Gasteiger partial charge >= 0.3 is 0 Å². The van der Waals surface area contributed by atoms with Crippen LogP contribution in [0.15, 0.2) is 30.5 Å². The molecule has 0 aliphatic rings. The minimum atomic E-state index is -0.222. The van der Waals surface area contributed by atoms with Crippen molar-refractivity contribution in [1.29, 1.82) is 0 Å². The van der Waals surface area contributed by atoms with Gasteiger partial charge in [-0.3, -0.25) is 9.48 Å².